The highest BCUT2D eigenvalue weighted by molar-refractivity contribution is 6.33. The zero-order chi connectivity index (χ0) is 18.1. The number of imidazole rings is 1. The van der Waals surface area contributed by atoms with Gasteiger partial charge < -0.3 is 9.30 Å². The minimum absolute atomic E-state index is 0.663. The molecule has 0 unspecified atom stereocenters. The van der Waals surface area contributed by atoms with Crippen LogP contribution >= 0.6 is 0 Å². The smallest absolute Gasteiger partial charge is 0.144 e. The number of nitrogens with zero attached hydrogens (tertiary/aromatic N) is 4. The lowest BCUT2D eigenvalue weighted by Gasteiger charge is -2.16. The van der Waals surface area contributed by atoms with Gasteiger partial charge in [-0.1, -0.05) is 17.6 Å². The first-order valence-corrected chi connectivity index (χ1v) is 8.69. The molecule has 0 saturated heterocycles. The minimum Gasteiger partial charge on any atom is -0.491 e. The zero-order valence-corrected chi connectivity index (χ0v) is 14.8. The topological polar surface area (TPSA) is 51.8 Å². The Morgan fingerprint density at radius 3 is 3.00 bits per heavy atom. The summed E-state index contributed by atoms with van der Waals surface area (Å²) in [6.45, 7) is 7.07. The Balaban J connectivity index is 1.94. The van der Waals surface area contributed by atoms with E-state index in [0.717, 1.165) is 58.8 Å². The third kappa shape index (κ3) is 2.92. The van der Waals surface area contributed by atoms with Crippen molar-refractivity contribution >= 4 is 43.1 Å². The molecule has 0 atom stereocenters. The Bertz CT molecular complexity index is 1020. The first kappa shape index (κ1) is 16.6. The molecule has 1 aliphatic heterocycles. The van der Waals surface area contributed by atoms with E-state index in [-0.39, 0.29) is 0 Å². The number of hydrogen-bond donors (Lipinski definition) is 0. The molecule has 0 saturated carbocycles. The van der Waals surface area contributed by atoms with Crippen molar-refractivity contribution in [3.05, 3.63) is 35.9 Å². The number of benzene rings is 2. The molecular weight excluding hydrogens is 323 g/mol. The van der Waals surface area contributed by atoms with E-state index in [9.17, 15) is 0 Å². The highest BCUT2D eigenvalue weighted by Gasteiger charge is 2.19. The largest absolute Gasteiger partial charge is 0.491 e. The molecule has 0 aliphatic carbocycles. The molecule has 128 valence electrons. The average molecular weight is 342 g/mol. The summed E-state index contributed by atoms with van der Waals surface area (Å²) >= 11 is 0. The standard InChI is InChI=1S/C20H19BN4O/c1-13-5-6-14(9-16(13)23-12-22-2)20-24-17-10-15(21)11-18-19(17)25(20)7-3-4-8-26-18/h5-6,9-12H,2-4,7-8H2,1H3. The molecule has 2 heterocycles. The first-order valence-electron chi connectivity index (χ1n) is 8.69. The molecule has 6 heteroatoms. The van der Waals surface area contributed by atoms with Gasteiger partial charge in [-0.15, -0.1) is 0 Å². The van der Waals surface area contributed by atoms with Crippen molar-refractivity contribution in [2.24, 2.45) is 9.98 Å². The van der Waals surface area contributed by atoms with Crippen molar-refractivity contribution in [3.63, 3.8) is 0 Å². The van der Waals surface area contributed by atoms with Crippen molar-refractivity contribution in [2.75, 3.05) is 6.61 Å². The summed E-state index contributed by atoms with van der Waals surface area (Å²) in [5.74, 6) is 1.71. The van der Waals surface area contributed by atoms with E-state index >= 15 is 0 Å². The molecule has 5 nitrogen and oxygen atoms in total. The summed E-state index contributed by atoms with van der Waals surface area (Å²) in [7, 11) is 6.05. The van der Waals surface area contributed by atoms with Crippen molar-refractivity contribution in [1.29, 1.82) is 0 Å². The van der Waals surface area contributed by atoms with E-state index in [1.54, 1.807) is 0 Å². The molecule has 4 rings (SSSR count). The summed E-state index contributed by atoms with van der Waals surface area (Å²) < 4.78 is 8.17. The van der Waals surface area contributed by atoms with Crippen LogP contribution in [0.1, 0.15) is 18.4 Å². The Hall–Kier alpha value is -2.89. The molecular formula is C20H19BN4O. The van der Waals surface area contributed by atoms with Gasteiger partial charge in [0.2, 0.25) is 0 Å². The SMILES string of the molecule is [B]c1cc2c3c(c1)nc(-c1ccc(C)c(N=CN=C)c1)n3CCCCO2. The third-order valence-electron chi connectivity index (χ3n) is 4.61. The molecule has 1 aliphatic rings. The van der Waals surface area contributed by atoms with Crippen LogP contribution < -0.4 is 10.2 Å². The number of hydrogen-bond acceptors (Lipinski definition) is 3. The molecule has 3 aromatic rings. The Morgan fingerprint density at radius 1 is 1.27 bits per heavy atom. The summed E-state index contributed by atoms with van der Waals surface area (Å²) in [6, 6.07) is 9.94. The summed E-state index contributed by atoms with van der Waals surface area (Å²) in [5.41, 5.74) is 5.47. The van der Waals surface area contributed by atoms with Gasteiger partial charge in [-0.3, -0.25) is 4.99 Å². The second kappa shape index (κ2) is 6.79. The first-order chi connectivity index (χ1) is 12.7. The van der Waals surface area contributed by atoms with Crippen LogP contribution in [0.25, 0.3) is 22.4 Å². The fourth-order valence-corrected chi connectivity index (χ4v) is 3.34. The predicted molar refractivity (Wildman–Crippen MR) is 108 cm³/mol. The fraction of sp³-hybridized carbons (Fsp3) is 0.250. The maximum atomic E-state index is 6.05. The maximum Gasteiger partial charge on any atom is 0.144 e. The third-order valence-corrected chi connectivity index (χ3v) is 4.61. The van der Waals surface area contributed by atoms with Crippen LogP contribution in [0.15, 0.2) is 40.3 Å². The van der Waals surface area contributed by atoms with Gasteiger partial charge in [0.05, 0.1) is 17.8 Å². The number of aryl methyl sites for hydroxylation is 2. The van der Waals surface area contributed by atoms with Gasteiger partial charge in [0.15, 0.2) is 0 Å². The monoisotopic (exact) mass is 342 g/mol. The van der Waals surface area contributed by atoms with Gasteiger partial charge >= 0.3 is 0 Å². The van der Waals surface area contributed by atoms with Crippen LogP contribution in [0.4, 0.5) is 5.69 Å². The Labute approximate surface area is 153 Å². The van der Waals surface area contributed by atoms with Gasteiger partial charge in [0.1, 0.15) is 31.3 Å². The van der Waals surface area contributed by atoms with Crippen molar-refractivity contribution < 1.29 is 4.74 Å². The molecule has 0 bridgehead atoms. The van der Waals surface area contributed by atoms with Gasteiger partial charge in [-0.25, -0.2) is 9.98 Å². The Kier molecular flexibility index (Phi) is 4.33. The second-order valence-electron chi connectivity index (χ2n) is 6.46. The lowest BCUT2D eigenvalue weighted by molar-refractivity contribution is 0.299. The fourth-order valence-electron chi connectivity index (χ4n) is 3.34. The van der Waals surface area contributed by atoms with E-state index in [4.69, 9.17) is 17.6 Å². The highest BCUT2D eigenvalue weighted by Crippen LogP contribution is 2.34. The van der Waals surface area contributed by atoms with Crippen molar-refractivity contribution in [2.45, 2.75) is 26.3 Å². The van der Waals surface area contributed by atoms with E-state index in [1.165, 1.54) is 6.34 Å². The minimum atomic E-state index is 0.663. The predicted octanol–water partition coefficient (Wildman–Crippen LogP) is 3.34. The summed E-state index contributed by atoms with van der Waals surface area (Å²) in [5, 5.41) is 0. The lowest BCUT2D eigenvalue weighted by Crippen LogP contribution is -2.11. The van der Waals surface area contributed by atoms with Crippen LogP contribution in [0.5, 0.6) is 5.75 Å². The molecule has 0 amide bonds. The van der Waals surface area contributed by atoms with E-state index in [1.807, 2.05) is 31.2 Å². The average Bonchev–Trinajstić information content (AvgIpc) is 2.96. The van der Waals surface area contributed by atoms with Gasteiger partial charge in [0.25, 0.3) is 0 Å². The number of ether oxygens (including phenoxy) is 1. The normalized spacial score (nSPS) is 14.2. The molecule has 1 aromatic heterocycles. The number of aliphatic imine (C=N–C) groups is 2. The molecule has 0 spiro atoms. The molecule has 2 radical (unpaired) electrons. The molecule has 0 fully saturated rings. The van der Waals surface area contributed by atoms with E-state index in [0.29, 0.717) is 12.1 Å². The Morgan fingerprint density at radius 2 is 2.15 bits per heavy atom. The van der Waals surface area contributed by atoms with E-state index < -0.39 is 0 Å². The second-order valence-corrected chi connectivity index (χ2v) is 6.46. The maximum absolute atomic E-state index is 6.05. The molecule has 2 aromatic carbocycles. The van der Waals surface area contributed by atoms with Gasteiger partial charge in [-0.2, -0.15) is 0 Å². The quantitative estimate of drug-likeness (QED) is 0.416. The molecule has 0 N–H and O–H groups in total. The van der Waals surface area contributed by atoms with Crippen LogP contribution in [-0.2, 0) is 6.54 Å². The lowest BCUT2D eigenvalue weighted by atomic mass is 9.95. The summed E-state index contributed by atoms with van der Waals surface area (Å²) in [4.78, 5) is 12.9. The summed E-state index contributed by atoms with van der Waals surface area (Å²) in [6.07, 6.45) is 3.50. The highest BCUT2D eigenvalue weighted by atomic mass is 16.5. The zero-order valence-electron chi connectivity index (χ0n) is 14.8. The van der Waals surface area contributed by atoms with Gasteiger partial charge in [-0.05, 0) is 50.2 Å². The number of rotatable bonds is 3. The van der Waals surface area contributed by atoms with Crippen LogP contribution in [0, 0.1) is 6.92 Å². The number of aromatic nitrogens is 2. The van der Waals surface area contributed by atoms with Crippen LogP contribution in [0.2, 0.25) is 0 Å². The molecule has 26 heavy (non-hydrogen) atoms. The van der Waals surface area contributed by atoms with E-state index in [2.05, 4.69) is 27.3 Å². The van der Waals surface area contributed by atoms with Crippen molar-refractivity contribution in [1.82, 2.24) is 9.55 Å². The van der Waals surface area contributed by atoms with Gasteiger partial charge in [0, 0.05) is 12.1 Å². The van der Waals surface area contributed by atoms with Crippen molar-refractivity contribution in [3.8, 4) is 17.1 Å². The van der Waals surface area contributed by atoms with Crippen LogP contribution in [-0.4, -0.2) is 37.1 Å². The van der Waals surface area contributed by atoms with Crippen LogP contribution in [0.3, 0.4) is 0 Å².